The molecule has 1 aromatic carbocycles. The highest BCUT2D eigenvalue weighted by molar-refractivity contribution is 6.31. The zero-order chi connectivity index (χ0) is 11.3. The molecule has 1 fully saturated rings. The molecule has 1 saturated heterocycles. The number of ether oxygens (including phenoxy) is 1. The highest BCUT2D eigenvalue weighted by Gasteiger charge is 2.46. The quantitative estimate of drug-likeness (QED) is 0.749. The molecular weight excluding hydrogens is 222 g/mol. The molecule has 0 amide bonds. The van der Waals surface area contributed by atoms with Gasteiger partial charge in [0.2, 0.25) is 0 Å². The fraction of sp³-hybridized carbons (Fsp3) is 0.538. The monoisotopic (exact) mass is 237 g/mol. The Morgan fingerprint density at radius 3 is 3.12 bits per heavy atom. The Kier molecular flexibility index (Phi) is 2.29. The molecule has 1 aromatic rings. The summed E-state index contributed by atoms with van der Waals surface area (Å²) in [5.74, 6) is 0.428. The van der Waals surface area contributed by atoms with Crippen LogP contribution in [0.3, 0.4) is 0 Å². The predicted octanol–water partition coefficient (Wildman–Crippen LogP) is 2.88. The highest BCUT2D eigenvalue weighted by atomic mass is 35.5. The van der Waals surface area contributed by atoms with Gasteiger partial charge in [-0.25, -0.2) is 0 Å². The lowest BCUT2D eigenvalue weighted by Crippen LogP contribution is -2.41. The first-order chi connectivity index (χ1) is 7.62. The first-order valence-electron chi connectivity index (χ1n) is 5.79. The summed E-state index contributed by atoms with van der Waals surface area (Å²) in [4.78, 5) is 0. The van der Waals surface area contributed by atoms with E-state index in [1.807, 2.05) is 12.1 Å². The zero-order valence-corrected chi connectivity index (χ0v) is 10.3. The SMILES string of the molecule is CC1O[C@@]2(C)CNCC2c2cccc(Cl)c21. The van der Waals surface area contributed by atoms with E-state index < -0.39 is 0 Å². The number of nitrogens with one attached hydrogen (secondary N) is 1. The molecule has 3 heteroatoms. The van der Waals surface area contributed by atoms with Crippen molar-refractivity contribution in [3.05, 3.63) is 34.3 Å². The molecule has 16 heavy (non-hydrogen) atoms. The van der Waals surface area contributed by atoms with Crippen LogP contribution >= 0.6 is 11.6 Å². The van der Waals surface area contributed by atoms with Crippen LogP contribution in [0.2, 0.25) is 5.02 Å². The molecule has 2 aliphatic rings. The number of halogens is 1. The third kappa shape index (κ3) is 1.33. The van der Waals surface area contributed by atoms with Crippen LogP contribution in [0.4, 0.5) is 0 Å². The fourth-order valence-corrected chi connectivity index (χ4v) is 3.45. The summed E-state index contributed by atoms with van der Waals surface area (Å²) in [7, 11) is 0. The van der Waals surface area contributed by atoms with E-state index in [4.69, 9.17) is 16.3 Å². The Labute approximate surface area is 101 Å². The van der Waals surface area contributed by atoms with E-state index in [0.29, 0.717) is 5.92 Å². The summed E-state index contributed by atoms with van der Waals surface area (Å²) in [6, 6.07) is 6.18. The van der Waals surface area contributed by atoms with Gasteiger partial charge in [-0.05, 0) is 25.5 Å². The van der Waals surface area contributed by atoms with Gasteiger partial charge in [0.05, 0.1) is 11.7 Å². The maximum atomic E-state index is 6.27. The number of benzene rings is 1. The lowest BCUT2D eigenvalue weighted by atomic mass is 9.80. The summed E-state index contributed by atoms with van der Waals surface area (Å²) in [5, 5.41) is 4.25. The minimum atomic E-state index is -0.0723. The summed E-state index contributed by atoms with van der Waals surface area (Å²) in [6.45, 7) is 6.19. The summed E-state index contributed by atoms with van der Waals surface area (Å²) in [6.07, 6.45) is 0.0878. The number of fused-ring (bicyclic) bond motifs is 3. The molecule has 0 saturated carbocycles. The number of hydrogen-bond donors (Lipinski definition) is 1. The van der Waals surface area contributed by atoms with Crippen LogP contribution in [0, 0.1) is 0 Å². The maximum absolute atomic E-state index is 6.27. The van der Waals surface area contributed by atoms with Crippen molar-refractivity contribution >= 4 is 11.6 Å². The van der Waals surface area contributed by atoms with Crippen molar-refractivity contribution < 1.29 is 4.74 Å². The second-order valence-electron chi connectivity index (χ2n) is 5.00. The lowest BCUT2D eigenvalue weighted by Gasteiger charge is -2.41. The van der Waals surface area contributed by atoms with Crippen LogP contribution in [-0.4, -0.2) is 18.7 Å². The molecule has 3 atom stereocenters. The van der Waals surface area contributed by atoms with Gasteiger partial charge >= 0.3 is 0 Å². The Hall–Kier alpha value is -0.570. The Balaban J connectivity index is 2.18. The second kappa shape index (κ2) is 3.46. The van der Waals surface area contributed by atoms with E-state index in [9.17, 15) is 0 Å². The molecule has 0 bridgehead atoms. The van der Waals surface area contributed by atoms with Crippen molar-refractivity contribution in [2.45, 2.75) is 31.5 Å². The molecular formula is C13H16ClNO. The molecule has 0 spiro atoms. The molecule has 2 aliphatic heterocycles. The molecule has 3 rings (SSSR count). The molecule has 0 aromatic heterocycles. The molecule has 2 nitrogen and oxygen atoms in total. The van der Waals surface area contributed by atoms with Crippen LogP contribution in [0.1, 0.15) is 37.0 Å². The molecule has 0 radical (unpaired) electrons. The highest BCUT2D eigenvalue weighted by Crippen LogP contribution is 2.47. The smallest absolute Gasteiger partial charge is 0.0866 e. The van der Waals surface area contributed by atoms with Crippen LogP contribution in [0.15, 0.2) is 18.2 Å². The van der Waals surface area contributed by atoms with E-state index in [-0.39, 0.29) is 11.7 Å². The first-order valence-corrected chi connectivity index (χ1v) is 6.16. The van der Waals surface area contributed by atoms with Gasteiger partial charge in [0.1, 0.15) is 0 Å². The second-order valence-corrected chi connectivity index (χ2v) is 5.41. The van der Waals surface area contributed by atoms with Crippen molar-refractivity contribution in [3.8, 4) is 0 Å². The van der Waals surface area contributed by atoms with E-state index >= 15 is 0 Å². The van der Waals surface area contributed by atoms with Crippen molar-refractivity contribution in [1.29, 1.82) is 0 Å². The van der Waals surface area contributed by atoms with E-state index in [1.54, 1.807) is 0 Å². The van der Waals surface area contributed by atoms with Crippen molar-refractivity contribution in [3.63, 3.8) is 0 Å². The predicted molar refractivity (Wildman–Crippen MR) is 65.0 cm³/mol. The van der Waals surface area contributed by atoms with Gasteiger partial charge < -0.3 is 10.1 Å². The van der Waals surface area contributed by atoms with E-state index in [0.717, 1.165) is 18.1 Å². The van der Waals surface area contributed by atoms with Crippen LogP contribution in [-0.2, 0) is 4.74 Å². The lowest BCUT2D eigenvalue weighted by molar-refractivity contribution is -0.0865. The average molecular weight is 238 g/mol. The van der Waals surface area contributed by atoms with E-state index in [1.165, 1.54) is 11.1 Å². The zero-order valence-electron chi connectivity index (χ0n) is 9.59. The van der Waals surface area contributed by atoms with Gasteiger partial charge in [-0.15, -0.1) is 0 Å². The largest absolute Gasteiger partial charge is 0.366 e. The minimum absolute atomic E-state index is 0.0723. The van der Waals surface area contributed by atoms with Crippen LogP contribution in [0.5, 0.6) is 0 Å². The van der Waals surface area contributed by atoms with Gasteiger partial charge in [-0.2, -0.15) is 0 Å². The van der Waals surface area contributed by atoms with Crippen molar-refractivity contribution in [1.82, 2.24) is 5.32 Å². The molecule has 2 heterocycles. The van der Waals surface area contributed by atoms with Gasteiger partial charge in [0, 0.05) is 29.6 Å². The van der Waals surface area contributed by atoms with Crippen molar-refractivity contribution in [2.24, 2.45) is 0 Å². The summed E-state index contributed by atoms with van der Waals surface area (Å²) in [5.41, 5.74) is 2.46. The van der Waals surface area contributed by atoms with Crippen LogP contribution in [0.25, 0.3) is 0 Å². The Morgan fingerprint density at radius 2 is 2.31 bits per heavy atom. The third-order valence-corrected chi connectivity index (χ3v) is 4.21. The minimum Gasteiger partial charge on any atom is -0.366 e. The van der Waals surface area contributed by atoms with Gasteiger partial charge in [-0.3, -0.25) is 0 Å². The Bertz CT molecular complexity index is 434. The number of rotatable bonds is 0. The standard InChI is InChI=1S/C13H16ClNO/c1-8-12-9(4-3-5-11(12)14)10-6-15-7-13(10,2)16-8/h3-5,8,10,15H,6-7H2,1-2H3/t8?,10?,13-/m0/s1. The topological polar surface area (TPSA) is 21.3 Å². The number of hydrogen-bond acceptors (Lipinski definition) is 2. The Morgan fingerprint density at radius 1 is 1.50 bits per heavy atom. The maximum Gasteiger partial charge on any atom is 0.0866 e. The first kappa shape index (κ1) is 10.6. The summed E-state index contributed by atoms with van der Waals surface area (Å²) < 4.78 is 6.16. The average Bonchev–Trinajstić information content (AvgIpc) is 2.59. The van der Waals surface area contributed by atoms with Crippen LogP contribution < -0.4 is 5.32 Å². The fourth-order valence-electron chi connectivity index (χ4n) is 3.12. The normalized spacial score (nSPS) is 36.9. The molecule has 86 valence electrons. The molecule has 2 unspecified atom stereocenters. The molecule has 0 aliphatic carbocycles. The summed E-state index contributed by atoms with van der Waals surface area (Å²) >= 11 is 6.27. The van der Waals surface area contributed by atoms with Gasteiger partial charge in [-0.1, -0.05) is 23.7 Å². The van der Waals surface area contributed by atoms with Crippen molar-refractivity contribution in [2.75, 3.05) is 13.1 Å². The third-order valence-electron chi connectivity index (χ3n) is 3.88. The van der Waals surface area contributed by atoms with E-state index in [2.05, 4.69) is 25.2 Å². The van der Waals surface area contributed by atoms with Gasteiger partial charge in [0.25, 0.3) is 0 Å². The molecule has 1 N–H and O–H groups in total. The van der Waals surface area contributed by atoms with Gasteiger partial charge in [0.15, 0.2) is 0 Å².